The normalized spacial score (nSPS) is 14.4. The highest BCUT2D eigenvalue weighted by molar-refractivity contribution is 9.10. The van der Waals surface area contributed by atoms with Crippen LogP contribution in [-0.2, 0) is 10.0 Å². The molecule has 0 radical (unpaired) electrons. The van der Waals surface area contributed by atoms with Gasteiger partial charge in [0.2, 0.25) is 10.0 Å². The Morgan fingerprint density at radius 1 is 1.19 bits per heavy atom. The van der Waals surface area contributed by atoms with E-state index in [4.69, 9.17) is 4.42 Å². The van der Waals surface area contributed by atoms with Gasteiger partial charge in [-0.1, -0.05) is 22.0 Å². The second-order valence-corrected chi connectivity index (χ2v) is 9.20. The van der Waals surface area contributed by atoms with E-state index >= 15 is 0 Å². The SMILES string of the molecule is Cc1c(C(=O)Nc2cccc(S(=O)(=O)NC3CC3)c2)oc2ccc(Br)cc12. The van der Waals surface area contributed by atoms with E-state index in [1.807, 2.05) is 19.1 Å². The first-order chi connectivity index (χ1) is 12.8. The summed E-state index contributed by atoms with van der Waals surface area (Å²) in [6.45, 7) is 1.81. The minimum atomic E-state index is -3.58. The number of sulfonamides is 1. The molecule has 1 aromatic heterocycles. The summed E-state index contributed by atoms with van der Waals surface area (Å²) in [5, 5.41) is 3.57. The number of halogens is 1. The molecule has 0 unspecified atom stereocenters. The second kappa shape index (κ2) is 6.78. The number of nitrogens with one attached hydrogen (secondary N) is 2. The molecule has 1 amide bonds. The lowest BCUT2D eigenvalue weighted by Crippen LogP contribution is -2.25. The van der Waals surface area contributed by atoms with Crippen LogP contribution in [0.25, 0.3) is 11.0 Å². The standard InChI is InChI=1S/C19H17BrN2O4S/c1-11-16-9-12(20)5-8-17(16)26-18(11)19(23)21-14-3-2-4-15(10-14)27(24,25)22-13-6-7-13/h2-5,8-10,13,22H,6-7H2,1H3,(H,21,23). The zero-order valence-corrected chi connectivity index (χ0v) is 16.9. The summed E-state index contributed by atoms with van der Waals surface area (Å²) in [6.07, 6.45) is 1.72. The first-order valence-electron chi connectivity index (χ1n) is 8.46. The van der Waals surface area contributed by atoms with Gasteiger partial charge in [0.05, 0.1) is 4.90 Å². The number of anilines is 1. The van der Waals surface area contributed by atoms with Gasteiger partial charge in [0.25, 0.3) is 5.91 Å². The van der Waals surface area contributed by atoms with E-state index in [0.29, 0.717) is 11.3 Å². The molecule has 2 N–H and O–H groups in total. The van der Waals surface area contributed by atoms with Gasteiger partial charge in [-0.15, -0.1) is 0 Å². The molecule has 1 saturated carbocycles. The maximum Gasteiger partial charge on any atom is 0.291 e. The van der Waals surface area contributed by atoms with Crippen molar-refractivity contribution in [2.24, 2.45) is 0 Å². The smallest absolute Gasteiger partial charge is 0.291 e. The lowest BCUT2D eigenvalue weighted by atomic mass is 10.1. The predicted octanol–water partition coefficient (Wildman–Crippen LogP) is 4.20. The van der Waals surface area contributed by atoms with Gasteiger partial charge in [-0.05, 0) is 56.2 Å². The molecule has 2 aromatic carbocycles. The van der Waals surface area contributed by atoms with Crippen LogP contribution in [0.1, 0.15) is 29.0 Å². The molecule has 1 heterocycles. The summed E-state index contributed by atoms with van der Waals surface area (Å²) in [5.41, 5.74) is 1.73. The Bertz CT molecular complexity index is 1150. The quantitative estimate of drug-likeness (QED) is 0.611. The third kappa shape index (κ3) is 3.78. The Kier molecular flexibility index (Phi) is 4.57. The Morgan fingerprint density at radius 2 is 1.96 bits per heavy atom. The zero-order chi connectivity index (χ0) is 19.2. The Morgan fingerprint density at radius 3 is 2.70 bits per heavy atom. The summed E-state index contributed by atoms with van der Waals surface area (Å²) in [4.78, 5) is 12.8. The lowest BCUT2D eigenvalue weighted by Gasteiger charge is -2.08. The Balaban J connectivity index is 1.60. The molecule has 1 fully saturated rings. The van der Waals surface area contributed by atoms with Crippen molar-refractivity contribution in [3.05, 3.63) is 58.3 Å². The van der Waals surface area contributed by atoms with Crippen LogP contribution in [0.2, 0.25) is 0 Å². The van der Waals surface area contributed by atoms with Crippen LogP contribution in [-0.4, -0.2) is 20.4 Å². The van der Waals surface area contributed by atoms with Gasteiger partial charge in [-0.2, -0.15) is 0 Å². The number of hydrogen-bond donors (Lipinski definition) is 2. The van der Waals surface area contributed by atoms with Gasteiger partial charge in [0, 0.05) is 27.2 Å². The molecule has 0 saturated heterocycles. The summed E-state index contributed by atoms with van der Waals surface area (Å²) < 4.78 is 33.9. The van der Waals surface area contributed by atoms with Crippen LogP contribution in [0, 0.1) is 6.92 Å². The number of hydrogen-bond acceptors (Lipinski definition) is 4. The number of rotatable bonds is 5. The van der Waals surface area contributed by atoms with Gasteiger partial charge in [0.1, 0.15) is 5.58 Å². The molecule has 8 heteroatoms. The van der Waals surface area contributed by atoms with Crippen LogP contribution in [0.15, 0.2) is 56.2 Å². The second-order valence-electron chi connectivity index (χ2n) is 6.57. The van der Waals surface area contributed by atoms with Crippen molar-refractivity contribution in [1.29, 1.82) is 0 Å². The summed E-state index contributed by atoms with van der Waals surface area (Å²) in [7, 11) is -3.58. The molecule has 1 aliphatic rings. The summed E-state index contributed by atoms with van der Waals surface area (Å²) in [5.74, 6) is -0.225. The summed E-state index contributed by atoms with van der Waals surface area (Å²) >= 11 is 3.41. The van der Waals surface area contributed by atoms with E-state index < -0.39 is 15.9 Å². The highest BCUT2D eigenvalue weighted by atomic mass is 79.9. The number of fused-ring (bicyclic) bond motifs is 1. The molecule has 0 aliphatic heterocycles. The predicted molar refractivity (Wildman–Crippen MR) is 106 cm³/mol. The first kappa shape index (κ1) is 18.2. The first-order valence-corrected chi connectivity index (χ1v) is 10.7. The highest BCUT2D eigenvalue weighted by Crippen LogP contribution is 2.29. The maximum absolute atomic E-state index is 12.7. The van der Waals surface area contributed by atoms with Crippen molar-refractivity contribution >= 4 is 48.5 Å². The van der Waals surface area contributed by atoms with Crippen molar-refractivity contribution in [2.45, 2.75) is 30.7 Å². The van der Waals surface area contributed by atoms with Crippen molar-refractivity contribution in [3.8, 4) is 0 Å². The topological polar surface area (TPSA) is 88.4 Å². The van der Waals surface area contributed by atoms with Crippen LogP contribution >= 0.6 is 15.9 Å². The van der Waals surface area contributed by atoms with Crippen LogP contribution < -0.4 is 10.0 Å². The molecular formula is C19H17BrN2O4S. The van der Waals surface area contributed by atoms with E-state index in [-0.39, 0.29) is 16.7 Å². The van der Waals surface area contributed by atoms with Crippen molar-refractivity contribution in [1.82, 2.24) is 4.72 Å². The highest BCUT2D eigenvalue weighted by Gasteiger charge is 2.28. The minimum absolute atomic E-state index is 0.0192. The van der Waals surface area contributed by atoms with E-state index in [0.717, 1.165) is 28.3 Å². The Labute approximate surface area is 165 Å². The lowest BCUT2D eigenvalue weighted by molar-refractivity contribution is 0.0998. The Hall–Kier alpha value is -2.16. The van der Waals surface area contributed by atoms with Crippen molar-refractivity contribution in [3.63, 3.8) is 0 Å². The largest absolute Gasteiger partial charge is 0.451 e. The third-order valence-electron chi connectivity index (χ3n) is 4.41. The average molecular weight is 449 g/mol. The monoisotopic (exact) mass is 448 g/mol. The number of carbonyl (C=O) groups excluding carboxylic acids is 1. The molecule has 0 atom stereocenters. The van der Waals surface area contributed by atoms with Crippen LogP contribution in [0.4, 0.5) is 5.69 Å². The number of carbonyl (C=O) groups is 1. The van der Waals surface area contributed by atoms with E-state index in [2.05, 4.69) is 26.0 Å². The van der Waals surface area contributed by atoms with E-state index in [1.54, 1.807) is 18.2 Å². The molecule has 3 aromatic rings. The summed E-state index contributed by atoms with van der Waals surface area (Å²) in [6, 6.07) is 11.7. The molecule has 4 rings (SSSR count). The number of benzene rings is 2. The molecule has 6 nitrogen and oxygen atoms in total. The fourth-order valence-electron chi connectivity index (χ4n) is 2.83. The molecular weight excluding hydrogens is 432 g/mol. The third-order valence-corrected chi connectivity index (χ3v) is 6.42. The number of furan rings is 1. The maximum atomic E-state index is 12.7. The minimum Gasteiger partial charge on any atom is -0.451 e. The number of amides is 1. The van der Waals surface area contributed by atoms with Gasteiger partial charge in [-0.25, -0.2) is 13.1 Å². The molecule has 1 aliphatic carbocycles. The van der Waals surface area contributed by atoms with Crippen LogP contribution in [0.3, 0.4) is 0 Å². The molecule has 27 heavy (non-hydrogen) atoms. The average Bonchev–Trinajstić information content (AvgIpc) is 3.37. The van der Waals surface area contributed by atoms with Gasteiger partial charge in [0.15, 0.2) is 5.76 Å². The molecule has 140 valence electrons. The fraction of sp³-hybridized carbons (Fsp3) is 0.211. The van der Waals surface area contributed by atoms with Gasteiger partial charge < -0.3 is 9.73 Å². The van der Waals surface area contributed by atoms with Crippen molar-refractivity contribution < 1.29 is 17.6 Å². The van der Waals surface area contributed by atoms with E-state index in [9.17, 15) is 13.2 Å². The fourth-order valence-corrected chi connectivity index (χ4v) is 4.54. The van der Waals surface area contributed by atoms with Gasteiger partial charge >= 0.3 is 0 Å². The van der Waals surface area contributed by atoms with Crippen LogP contribution in [0.5, 0.6) is 0 Å². The van der Waals surface area contributed by atoms with Gasteiger partial charge in [-0.3, -0.25) is 4.79 Å². The van der Waals surface area contributed by atoms with E-state index in [1.165, 1.54) is 12.1 Å². The molecule has 0 bridgehead atoms. The zero-order valence-electron chi connectivity index (χ0n) is 14.5. The van der Waals surface area contributed by atoms with Crippen molar-refractivity contribution in [2.75, 3.05) is 5.32 Å². The number of aryl methyl sites for hydroxylation is 1. The molecule has 0 spiro atoms.